The molecule has 0 atom stereocenters. The molecule has 49 valence electrons. The normalized spacial score (nSPS) is 8.00. The first-order valence-corrected chi connectivity index (χ1v) is 2.44. The number of rotatable bonds is 1. The third kappa shape index (κ3) is 2.18. The van der Waals surface area contributed by atoms with Crippen molar-refractivity contribution in [3.8, 4) is 0 Å². The fourth-order valence-corrected chi connectivity index (χ4v) is 0.494. The minimum absolute atomic E-state index is 0. The van der Waals surface area contributed by atoms with Crippen molar-refractivity contribution in [2.45, 2.75) is 0 Å². The molecule has 0 spiro atoms. The number of aromatic carboxylic acids is 1. The Morgan fingerprint density at radius 3 is 2.20 bits per heavy atom. The summed E-state index contributed by atoms with van der Waals surface area (Å²) in [5.41, 5.74) is 0.269. The van der Waals surface area contributed by atoms with Crippen LogP contribution in [0.1, 0.15) is 10.4 Å². The largest absolute Gasteiger partial charge is 3.00 e. The zero-order valence-electron chi connectivity index (χ0n) is 5.02. The van der Waals surface area contributed by atoms with E-state index in [0.717, 1.165) is 0 Å². The van der Waals surface area contributed by atoms with E-state index < -0.39 is 5.97 Å². The number of hydrogen-bond acceptors (Lipinski definition) is 2. The van der Waals surface area contributed by atoms with Crippen molar-refractivity contribution in [1.29, 1.82) is 0 Å². The number of hydrogen-bond donors (Lipinski definition) is 1. The first kappa shape index (κ1) is 9.15. The predicted octanol–water partition coefficient (Wildman–Crippen LogP) is 0.777. The van der Waals surface area contributed by atoms with Gasteiger partial charge in [0.05, 0.1) is 5.56 Å². The third-order valence-corrected chi connectivity index (χ3v) is 0.927. The van der Waals surface area contributed by atoms with Gasteiger partial charge in [-0.15, -0.1) is 0 Å². The average molecular weight is 175 g/mol. The van der Waals surface area contributed by atoms with Crippen molar-refractivity contribution in [2.24, 2.45) is 0 Å². The zero-order valence-corrected chi connectivity index (χ0v) is 6.30. The Hall–Kier alpha value is -0.848. The van der Waals surface area contributed by atoms with E-state index in [-0.39, 0.29) is 22.9 Å². The number of carboxylic acids is 1. The van der Waals surface area contributed by atoms with Crippen LogP contribution in [0.5, 0.6) is 0 Å². The van der Waals surface area contributed by atoms with Gasteiger partial charge in [-0.1, -0.05) is 0 Å². The van der Waals surface area contributed by atoms with Gasteiger partial charge in [0.2, 0.25) is 0 Å². The molecule has 1 rings (SSSR count). The van der Waals surface area contributed by atoms with Crippen LogP contribution >= 0.6 is 0 Å². The monoisotopic (exact) mass is 175 g/mol. The quantitative estimate of drug-likeness (QED) is 0.686. The van der Waals surface area contributed by atoms with Gasteiger partial charge in [-0.3, -0.25) is 4.98 Å². The van der Waals surface area contributed by atoms with E-state index in [4.69, 9.17) is 5.11 Å². The Morgan fingerprint density at radius 2 is 1.90 bits per heavy atom. The molecule has 0 aliphatic rings. The summed E-state index contributed by atoms with van der Waals surface area (Å²) in [5, 5.41) is 8.36. The molecule has 1 radical (unpaired) electrons. The first-order valence-electron chi connectivity index (χ1n) is 2.44. The first-order chi connectivity index (χ1) is 4.30. The molecule has 10 heavy (non-hydrogen) atoms. The average Bonchev–Trinajstić information content (AvgIpc) is 1.90. The summed E-state index contributed by atoms with van der Waals surface area (Å²) < 4.78 is 0. The molecular formula is C6H5CrNO2+3. The van der Waals surface area contributed by atoms with Gasteiger partial charge in [-0.25, -0.2) is 4.79 Å². The smallest absolute Gasteiger partial charge is 0.478 e. The molecule has 0 saturated carbocycles. The second-order valence-corrected chi connectivity index (χ2v) is 1.54. The molecule has 3 nitrogen and oxygen atoms in total. The van der Waals surface area contributed by atoms with E-state index in [9.17, 15) is 4.79 Å². The van der Waals surface area contributed by atoms with E-state index in [1.165, 1.54) is 24.5 Å². The van der Waals surface area contributed by atoms with Gasteiger partial charge in [0.15, 0.2) is 0 Å². The Kier molecular flexibility index (Phi) is 3.70. The van der Waals surface area contributed by atoms with Gasteiger partial charge in [0.1, 0.15) is 0 Å². The van der Waals surface area contributed by atoms with Crippen molar-refractivity contribution in [3.63, 3.8) is 0 Å². The fourth-order valence-electron chi connectivity index (χ4n) is 0.494. The number of pyridine rings is 1. The second-order valence-electron chi connectivity index (χ2n) is 1.54. The van der Waals surface area contributed by atoms with Crippen LogP contribution in [0.15, 0.2) is 24.5 Å². The third-order valence-electron chi connectivity index (χ3n) is 0.927. The Balaban J connectivity index is 0.000000810. The molecule has 0 amide bonds. The van der Waals surface area contributed by atoms with Crippen molar-refractivity contribution in [3.05, 3.63) is 30.1 Å². The summed E-state index contributed by atoms with van der Waals surface area (Å²) in [6, 6.07) is 2.89. The van der Waals surface area contributed by atoms with Crippen LogP contribution in [0.3, 0.4) is 0 Å². The molecule has 1 aromatic rings. The molecule has 0 bridgehead atoms. The van der Waals surface area contributed by atoms with Crippen LogP contribution in [0.4, 0.5) is 0 Å². The number of carboxylic acid groups (broad SMARTS) is 1. The Bertz CT molecular complexity index is 212. The Morgan fingerprint density at radius 1 is 1.40 bits per heavy atom. The molecule has 1 N–H and O–H groups in total. The molecule has 0 fully saturated rings. The van der Waals surface area contributed by atoms with Gasteiger partial charge in [0, 0.05) is 12.4 Å². The number of nitrogens with zero attached hydrogens (tertiary/aromatic N) is 1. The summed E-state index contributed by atoms with van der Waals surface area (Å²) in [5.74, 6) is -0.919. The number of carbonyl (C=O) groups is 1. The van der Waals surface area contributed by atoms with Crippen molar-refractivity contribution in [2.75, 3.05) is 0 Å². The van der Waals surface area contributed by atoms with Crippen molar-refractivity contribution >= 4 is 5.97 Å². The zero-order chi connectivity index (χ0) is 6.69. The standard InChI is InChI=1S/C6H5NO2.Cr/c8-6(9)5-1-3-7-4-2-5;/h1-4H,(H,8,9);/q;+3. The van der Waals surface area contributed by atoms with Crippen LogP contribution in [0, 0.1) is 0 Å². The van der Waals surface area contributed by atoms with Gasteiger partial charge in [-0.2, -0.15) is 0 Å². The van der Waals surface area contributed by atoms with Gasteiger partial charge >= 0.3 is 23.3 Å². The van der Waals surface area contributed by atoms with Gasteiger partial charge < -0.3 is 5.11 Å². The van der Waals surface area contributed by atoms with E-state index >= 15 is 0 Å². The van der Waals surface area contributed by atoms with E-state index in [1.807, 2.05) is 0 Å². The van der Waals surface area contributed by atoms with Crippen molar-refractivity contribution < 1.29 is 27.3 Å². The molecule has 0 aliphatic heterocycles. The van der Waals surface area contributed by atoms with Crippen LogP contribution < -0.4 is 0 Å². The maximum Gasteiger partial charge on any atom is 3.00 e. The molecule has 0 saturated heterocycles. The molecule has 4 heteroatoms. The van der Waals surface area contributed by atoms with Crippen LogP contribution in [0.25, 0.3) is 0 Å². The molecule has 0 aliphatic carbocycles. The van der Waals surface area contributed by atoms with Gasteiger partial charge in [0.25, 0.3) is 0 Å². The summed E-state index contributed by atoms with van der Waals surface area (Å²) in [7, 11) is 0. The van der Waals surface area contributed by atoms with Crippen LogP contribution in [-0.2, 0) is 17.4 Å². The maximum atomic E-state index is 10.2. The minimum Gasteiger partial charge on any atom is -0.478 e. The number of aromatic nitrogens is 1. The Labute approximate surface area is 68.8 Å². The fraction of sp³-hybridized carbons (Fsp3) is 0. The van der Waals surface area contributed by atoms with Crippen LogP contribution in [-0.4, -0.2) is 16.1 Å². The molecule has 0 unspecified atom stereocenters. The summed E-state index contributed by atoms with van der Waals surface area (Å²) >= 11 is 0. The van der Waals surface area contributed by atoms with E-state index in [1.54, 1.807) is 0 Å². The maximum absolute atomic E-state index is 10.2. The van der Waals surface area contributed by atoms with E-state index in [0.29, 0.717) is 0 Å². The second kappa shape index (κ2) is 4.05. The molecule has 1 aromatic heterocycles. The minimum atomic E-state index is -0.919. The summed E-state index contributed by atoms with van der Waals surface area (Å²) in [6.07, 6.45) is 2.90. The SMILES string of the molecule is O=C(O)c1ccncc1.[Cr+3]. The molecule has 1 heterocycles. The van der Waals surface area contributed by atoms with Gasteiger partial charge in [-0.05, 0) is 12.1 Å². The van der Waals surface area contributed by atoms with E-state index in [2.05, 4.69) is 4.98 Å². The van der Waals surface area contributed by atoms with Crippen molar-refractivity contribution in [1.82, 2.24) is 4.98 Å². The summed E-state index contributed by atoms with van der Waals surface area (Å²) in [6.45, 7) is 0. The molecule has 0 aromatic carbocycles. The topological polar surface area (TPSA) is 50.2 Å². The summed E-state index contributed by atoms with van der Waals surface area (Å²) in [4.78, 5) is 13.8. The van der Waals surface area contributed by atoms with Crippen LogP contribution in [0.2, 0.25) is 0 Å². The predicted molar refractivity (Wildman–Crippen MR) is 31.2 cm³/mol. The molecular weight excluding hydrogens is 170 g/mol.